The van der Waals surface area contributed by atoms with Gasteiger partial charge in [-0.15, -0.1) is 0 Å². The highest BCUT2D eigenvalue weighted by Crippen LogP contribution is 2.47. The fourth-order valence-electron chi connectivity index (χ4n) is 6.02. The normalized spacial score (nSPS) is 30.8. The van der Waals surface area contributed by atoms with Crippen molar-refractivity contribution in [2.45, 2.75) is 63.2 Å². The summed E-state index contributed by atoms with van der Waals surface area (Å²) in [6.07, 6.45) is 3.18. The number of likely N-dealkylation sites (tertiary alicyclic amines) is 1. The van der Waals surface area contributed by atoms with Crippen LogP contribution in [0, 0.1) is 11.8 Å². The maximum atomic E-state index is 13.7. The van der Waals surface area contributed by atoms with Gasteiger partial charge in [0.05, 0.1) is 0 Å². The van der Waals surface area contributed by atoms with E-state index in [0.717, 1.165) is 24.2 Å². The van der Waals surface area contributed by atoms with Crippen LogP contribution in [0.4, 0.5) is 13.2 Å². The number of hydrogen-bond acceptors (Lipinski definition) is 4. The quantitative estimate of drug-likeness (QED) is 0.647. The first-order valence-electron chi connectivity index (χ1n) is 11.6. The zero-order valence-corrected chi connectivity index (χ0v) is 18.1. The number of carbonyl (C=O) groups excluding carboxylic acids is 1. The molecule has 5 rings (SSSR count). The smallest absolute Gasteiger partial charge is 0.335 e. The molecular weight excluding hydrogens is 419 g/mol. The molecule has 1 amide bonds. The lowest BCUT2D eigenvalue weighted by atomic mass is 9.68. The molecule has 6 nitrogen and oxygen atoms in total. The highest BCUT2D eigenvalue weighted by molar-refractivity contribution is 5.94. The molecule has 2 fully saturated rings. The second-order valence-corrected chi connectivity index (χ2v) is 9.77. The zero-order valence-electron chi connectivity index (χ0n) is 18.1. The molecule has 3 atom stereocenters. The van der Waals surface area contributed by atoms with Crippen LogP contribution in [0.2, 0.25) is 0 Å². The number of allylic oxidation sites excluding steroid dienone is 4. The summed E-state index contributed by atoms with van der Waals surface area (Å²) < 4.78 is 41.2. The number of H-pyrrole nitrogens is 1. The molecule has 0 bridgehead atoms. The first-order valence-corrected chi connectivity index (χ1v) is 11.6. The van der Waals surface area contributed by atoms with Crippen molar-refractivity contribution < 1.29 is 18.0 Å². The minimum Gasteiger partial charge on any atom is -0.335 e. The van der Waals surface area contributed by atoms with E-state index >= 15 is 0 Å². The van der Waals surface area contributed by atoms with Gasteiger partial charge < -0.3 is 16.0 Å². The van der Waals surface area contributed by atoms with Crippen molar-refractivity contribution in [1.29, 1.82) is 0 Å². The van der Waals surface area contributed by atoms with Gasteiger partial charge in [0.2, 0.25) is 0 Å². The third-order valence-corrected chi connectivity index (χ3v) is 7.79. The zero-order chi connectivity index (χ0) is 22.5. The van der Waals surface area contributed by atoms with Gasteiger partial charge in [0, 0.05) is 55.0 Å². The van der Waals surface area contributed by atoms with Crippen molar-refractivity contribution in [3.8, 4) is 0 Å². The predicted octanol–water partition coefficient (Wildman–Crippen LogP) is 3.22. The second-order valence-electron chi connectivity index (χ2n) is 9.77. The number of fused-ring (bicyclic) bond motifs is 2. The van der Waals surface area contributed by atoms with E-state index in [1.54, 1.807) is 11.0 Å². The van der Waals surface area contributed by atoms with Gasteiger partial charge >= 0.3 is 6.18 Å². The van der Waals surface area contributed by atoms with Crippen LogP contribution in [0.15, 0.2) is 23.3 Å². The molecule has 9 heteroatoms. The van der Waals surface area contributed by atoms with E-state index in [4.69, 9.17) is 5.73 Å². The molecular formula is C23H30F3N5O. The average Bonchev–Trinajstić information content (AvgIpc) is 3.23. The van der Waals surface area contributed by atoms with Gasteiger partial charge in [-0.3, -0.25) is 9.89 Å². The summed E-state index contributed by atoms with van der Waals surface area (Å²) in [4.78, 5) is 15.0. The van der Waals surface area contributed by atoms with Crippen molar-refractivity contribution >= 4 is 5.91 Å². The van der Waals surface area contributed by atoms with Gasteiger partial charge in [0.1, 0.15) is 0 Å². The number of rotatable bonds is 2. The Morgan fingerprint density at radius 1 is 1.31 bits per heavy atom. The number of carbonyl (C=O) groups is 1. The van der Waals surface area contributed by atoms with Crippen LogP contribution < -0.4 is 11.1 Å². The molecule has 0 spiro atoms. The van der Waals surface area contributed by atoms with Gasteiger partial charge in [0.25, 0.3) is 5.91 Å². The number of hydrogen-bond donors (Lipinski definition) is 3. The van der Waals surface area contributed by atoms with Crippen LogP contribution in [0.1, 0.15) is 60.3 Å². The van der Waals surface area contributed by atoms with E-state index < -0.39 is 11.7 Å². The Morgan fingerprint density at radius 2 is 2.16 bits per heavy atom. The Balaban J connectivity index is 1.36. The molecule has 174 valence electrons. The van der Waals surface area contributed by atoms with Crippen LogP contribution >= 0.6 is 0 Å². The van der Waals surface area contributed by atoms with E-state index in [-0.39, 0.29) is 29.7 Å². The molecule has 0 aromatic carbocycles. The second kappa shape index (κ2) is 8.02. The van der Waals surface area contributed by atoms with Crippen molar-refractivity contribution in [1.82, 2.24) is 20.4 Å². The lowest BCUT2D eigenvalue weighted by molar-refractivity contribution is -0.0953. The highest BCUT2D eigenvalue weighted by Gasteiger charge is 2.50. The van der Waals surface area contributed by atoms with Gasteiger partial charge in [-0.1, -0.05) is 12.2 Å². The van der Waals surface area contributed by atoms with Gasteiger partial charge in [-0.2, -0.15) is 18.3 Å². The Kier molecular flexibility index (Phi) is 5.44. The highest BCUT2D eigenvalue weighted by atomic mass is 19.4. The molecule has 1 aromatic heterocycles. The first-order chi connectivity index (χ1) is 15.3. The third kappa shape index (κ3) is 3.79. The number of nitrogens with zero attached hydrogens (tertiary/aromatic N) is 2. The maximum Gasteiger partial charge on any atom is 0.412 e. The summed E-state index contributed by atoms with van der Waals surface area (Å²) in [6.45, 7) is 2.37. The maximum absolute atomic E-state index is 13.7. The molecule has 1 aromatic rings. The Hall–Kier alpha value is -2.13. The lowest BCUT2D eigenvalue weighted by Gasteiger charge is -2.39. The molecule has 1 unspecified atom stereocenters. The summed E-state index contributed by atoms with van der Waals surface area (Å²) in [5.74, 6) is -0.316. The standard InChI is InChI=1S/C23H30F3N5O/c24-23(25,26)18-5-3-1-2-4-16(18)14-6-8-22(27)13-31(12-15(22)10-14)21(32)20-17-11-28-9-7-19(17)29-30-20/h2,4,14-15,28H,1,3,5-13,27H2,(H,29,30)/t14?,15-,22-/m1/s1. The molecule has 1 saturated heterocycles. The topological polar surface area (TPSA) is 87.0 Å². The van der Waals surface area contributed by atoms with Crippen LogP contribution in [0.5, 0.6) is 0 Å². The van der Waals surface area contributed by atoms with Crippen LogP contribution in [-0.2, 0) is 13.0 Å². The molecule has 2 aliphatic heterocycles. The van der Waals surface area contributed by atoms with Crippen molar-refractivity contribution in [2.75, 3.05) is 19.6 Å². The summed E-state index contributed by atoms with van der Waals surface area (Å²) in [5.41, 5.74) is 8.62. The van der Waals surface area contributed by atoms with Crippen molar-refractivity contribution in [3.05, 3.63) is 40.2 Å². The van der Waals surface area contributed by atoms with Crippen LogP contribution in [0.3, 0.4) is 0 Å². The fraction of sp³-hybridized carbons (Fsp3) is 0.652. The molecule has 1 saturated carbocycles. The Labute approximate surface area is 185 Å². The molecule has 4 aliphatic rings. The van der Waals surface area contributed by atoms with Gasteiger partial charge in [-0.25, -0.2) is 0 Å². The Bertz CT molecular complexity index is 965. The molecule has 3 heterocycles. The summed E-state index contributed by atoms with van der Waals surface area (Å²) in [6, 6.07) is 0. The number of aromatic amines is 1. The number of amides is 1. The van der Waals surface area contributed by atoms with Gasteiger partial charge in [-0.05, 0) is 55.9 Å². The molecule has 0 radical (unpaired) electrons. The molecule has 32 heavy (non-hydrogen) atoms. The summed E-state index contributed by atoms with van der Waals surface area (Å²) >= 11 is 0. The number of aromatic nitrogens is 2. The van der Waals surface area contributed by atoms with Crippen LogP contribution in [-0.4, -0.2) is 52.4 Å². The average molecular weight is 450 g/mol. The lowest BCUT2D eigenvalue weighted by Crippen LogP contribution is -2.51. The number of nitrogens with two attached hydrogens (primary N) is 1. The van der Waals surface area contributed by atoms with E-state index in [1.165, 1.54) is 0 Å². The van der Waals surface area contributed by atoms with E-state index in [2.05, 4.69) is 15.5 Å². The number of halogens is 3. The van der Waals surface area contributed by atoms with Crippen molar-refractivity contribution in [2.24, 2.45) is 17.6 Å². The predicted molar refractivity (Wildman–Crippen MR) is 114 cm³/mol. The van der Waals surface area contributed by atoms with E-state index in [0.29, 0.717) is 63.0 Å². The van der Waals surface area contributed by atoms with E-state index in [9.17, 15) is 18.0 Å². The first kappa shape index (κ1) is 21.7. The minimum absolute atomic E-state index is 0.0169. The third-order valence-electron chi connectivity index (χ3n) is 7.79. The van der Waals surface area contributed by atoms with Crippen LogP contribution in [0.25, 0.3) is 0 Å². The molecule has 4 N–H and O–H groups in total. The monoisotopic (exact) mass is 449 g/mol. The summed E-state index contributed by atoms with van der Waals surface area (Å²) in [5, 5.41) is 10.5. The fourth-order valence-corrected chi connectivity index (χ4v) is 6.02. The molecule has 2 aliphatic carbocycles. The van der Waals surface area contributed by atoms with E-state index in [1.807, 2.05) is 6.08 Å². The minimum atomic E-state index is -4.30. The number of alkyl halides is 3. The van der Waals surface area contributed by atoms with Crippen molar-refractivity contribution in [3.63, 3.8) is 0 Å². The summed E-state index contributed by atoms with van der Waals surface area (Å²) in [7, 11) is 0. The largest absolute Gasteiger partial charge is 0.412 e. The number of nitrogens with one attached hydrogen (secondary N) is 2. The van der Waals surface area contributed by atoms with Gasteiger partial charge in [0.15, 0.2) is 5.69 Å². The Morgan fingerprint density at radius 3 is 2.97 bits per heavy atom. The SMILES string of the molecule is N[C@@]12CCC(C3=C(C(F)(F)F)CCCC=C3)C[C@@H]1CN(C(=O)c1n[nH]c3c1CNCC3)C2.